The average molecular weight is 240 g/mol. The summed E-state index contributed by atoms with van der Waals surface area (Å²) in [7, 11) is 1.33. The van der Waals surface area contributed by atoms with Gasteiger partial charge in [0.1, 0.15) is 17.4 Å². The lowest BCUT2D eigenvalue weighted by Crippen LogP contribution is -2.15. The molecule has 1 saturated carbocycles. The topological polar surface area (TPSA) is 26.3 Å². The first-order chi connectivity index (χ1) is 8.13. The summed E-state index contributed by atoms with van der Waals surface area (Å²) in [5, 5.41) is 0. The average Bonchev–Trinajstić information content (AvgIpc) is 2.81. The Balaban J connectivity index is 2.34. The molecule has 0 amide bonds. The van der Waals surface area contributed by atoms with Crippen molar-refractivity contribution in [2.75, 3.05) is 7.11 Å². The van der Waals surface area contributed by atoms with Gasteiger partial charge in [0, 0.05) is 18.1 Å². The number of hydrogen-bond donors (Lipinski definition) is 0. The Morgan fingerprint density at radius 2 is 1.76 bits per heavy atom. The van der Waals surface area contributed by atoms with Crippen molar-refractivity contribution in [1.82, 2.24) is 0 Å². The van der Waals surface area contributed by atoms with Crippen molar-refractivity contribution in [1.29, 1.82) is 0 Å². The summed E-state index contributed by atoms with van der Waals surface area (Å²) in [5.41, 5.74) is -0.419. The molecule has 0 N–H and O–H groups in total. The van der Waals surface area contributed by atoms with E-state index >= 15 is 0 Å². The van der Waals surface area contributed by atoms with Gasteiger partial charge in [-0.1, -0.05) is 12.8 Å². The molecule has 1 aliphatic rings. The van der Waals surface area contributed by atoms with Crippen LogP contribution >= 0.6 is 0 Å². The Hall–Kier alpha value is -1.45. The maximum absolute atomic E-state index is 13.7. The van der Waals surface area contributed by atoms with Gasteiger partial charge in [0.05, 0.1) is 12.7 Å². The number of ether oxygens (including phenoxy) is 1. The van der Waals surface area contributed by atoms with Crippen molar-refractivity contribution in [2.45, 2.75) is 25.7 Å². The minimum atomic E-state index is -0.834. The fraction of sp³-hybridized carbons (Fsp3) is 0.462. The second-order valence-corrected chi connectivity index (χ2v) is 4.31. The number of carbonyl (C=O) groups excluding carboxylic acids is 1. The molecule has 1 aromatic carbocycles. The molecule has 0 bridgehead atoms. The highest BCUT2D eigenvalue weighted by molar-refractivity contribution is 5.98. The first kappa shape index (κ1) is 12.0. The van der Waals surface area contributed by atoms with Crippen LogP contribution in [0.1, 0.15) is 36.0 Å². The lowest BCUT2D eigenvalue weighted by atomic mass is 9.95. The number of benzene rings is 1. The molecule has 0 heterocycles. The predicted octanol–water partition coefficient (Wildman–Crippen LogP) is 3.35. The van der Waals surface area contributed by atoms with Crippen molar-refractivity contribution < 1.29 is 18.3 Å². The second kappa shape index (κ2) is 4.82. The molecule has 0 spiro atoms. The van der Waals surface area contributed by atoms with Gasteiger partial charge in [0.25, 0.3) is 0 Å². The molecule has 0 radical (unpaired) electrons. The molecule has 4 heteroatoms. The van der Waals surface area contributed by atoms with Gasteiger partial charge in [0.2, 0.25) is 0 Å². The standard InChI is InChI=1S/C13H14F2O2/c1-17-9-6-10(14)12(11(15)7-9)13(16)8-4-2-3-5-8/h6-8H,2-5H2,1H3. The maximum Gasteiger partial charge on any atom is 0.171 e. The monoisotopic (exact) mass is 240 g/mol. The highest BCUT2D eigenvalue weighted by Gasteiger charge is 2.28. The quantitative estimate of drug-likeness (QED) is 0.757. The van der Waals surface area contributed by atoms with E-state index in [-0.39, 0.29) is 11.7 Å². The van der Waals surface area contributed by atoms with Crippen LogP contribution in [0.3, 0.4) is 0 Å². The number of methoxy groups -OCH3 is 1. The van der Waals surface area contributed by atoms with E-state index in [1.54, 1.807) is 0 Å². The van der Waals surface area contributed by atoms with Gasteiger partial charge in [-0.25, -0.2) is 8.78 Å². The molecule has 1 aliphatic carbocycles. The third kappa shape index (κ3) is 2.30. The van der Waals surface area contributed by atoms with Crippen LogP contribution in [0, 0.1) is 17.6 Å². The van der Waals surface area contributed by atoms with Crippen molar-refractivity contribution in [3.63, 3.8) is 0 Å². The van der Waals surface area contributed by atoms with E-state index in [4.69, 9.17) is 4.74 Å². The molecule has 0 unspecified atom stereocenters. The Kier molecular flexibility index (Phi) is 3.41. The highest BCUT2D eigenvalue weighted by atomic mass is 19.1. The van der Waals surface area contributed by atoms with Gasteiger partial charge in [-0.05, 0) is 12.8 Å². The van der Waals surface area contributed by atoms with Crippen LogP contribution in [0.5, 0.6) is 5.75 Å². The zero-order chi connectivity index (χ0) is 12.4. The molecule has 2 rings (SSSR count). The van der Waals surface area contributed by atoms with Crippen LogP contribution in [0.25, 0.3) is 0 Å². The summed E-state index contributed by atoms with van der Waals surface area (Å²) >= 11 is 0. The fourth-order valence-electron chi connectivity index (χ4n) is 2.30. The lowest BCUT2D eigenvalue weighted by Gasteiger charge is -2.10. The summed E-state index contributed by atoms with van der Waals surface area (Å²) in [5.74, 6) is -2.23. The van der Waals surface area contributed by atoms with Crippen LogP contribution in [0.4, 0.5) is 8.78 Å². The van der Waals surface area contributed by atoms with Crippen LogP contribution in [-0.2, 0) is 0 Å². The molecular weight excluding hydrogens is 226 g/mol. The third-order valence-electron chi connectivity index (χ3n) is 3.22. The Bertz CT molecular complexity index is 414. The first-order valence-electron chi connectivity index (χ1n) is 5.70. The van der Waals surface area contributed by atoms with E-state index in [0.29, 0.717) is 0 Å². The summed E-state index contributed by atoms with van der Waals surface area (Å²) in [6.45, 7) is 0. The summed E-state index contributed by atoms with van der Waals surface area (Å²) in [6, 6.07) is 2.09. The predicted molar refractivity (Wildman–Crippen MR) is 59.2 cm³/mol. The third-order valence-corrected chi connectivity index (χ3v) is 3.22. The number of Topliss-reactive ketones (excluding diaryl/α,β-unsaturated/α-hetero) is 1. The van der Waals surface area contributed by atoms with Gasteiger partial charge in [0.15, 0.2) is 5.78 Å². The van der Waals surface area contributed by atoms with Crippen LogP contribution in [0.15, 0.2) is 12.1 Å². The van der Waals surface area contributed by atoms with Gasteiger partial charge in [-0.3, -0.25) is 4.79 Å². The lowest BCUT2D eigenvalue weighted by molar-refractivity contribution is 0.0914. The van der Waals surface area contributed by atoms with Gasteiger partial charge in [-0.2, -0.15) is 0 Å². The second-order valence-electron chi connectivity index (χ2n) is 4.31. The number of ketones is 1. The molecule has 1 aromatic rings. The zero-order valence-electron chi connectivity index (χ0n) is 9.63. The molecule has 1 fully saturated rings. The molecule has 92 valence electrons. The smallest absolute Gasteiger partial charge is 0.171 e. The zero-order valence-corrected chi connectivity index (χ0v) is 9.63. The van der Waals surface area contributed by atoms with E-state index < -0.39 is 23.0 Å². The fourth-order valence-corrected chi connectivity index (χ4v) is 2.30. The Morgan fingerprint density at radius 1 is 1.24 bits per heavy atom. The van der Waals surface area contributed by atoms with Gasteiger partial charge < -0.3 is 4.74 Å². The first-order valence-corrected chi connectivity index (χ1v) is 5.70. The van der Waals surface area contributed by atoms with Crippen molar-refractivity contribution >= 4 is 5.78 Å². The van der Waals surface area contributed by atoms with Gasteiger partial charge >= 0.3 is 0 Å². The molecule has 0 saturated heterocycles. The minimum Gasteiger partial charge on any atom is -0.497 e. The van der Waals surface area contributed by atoms with E-state index in [1.807, 2.05) is 0 Å². The van der Waals surface area contributed by atoms with Crippen molar-refractivity contribution in [3.05, 3.63) is 29.3 Å². The Morgan fingerprint density at radius 3 is 2.24 bits per heavy atom. The summed E-state index contributed by atoms with van der Waals surface area (Å²) in [4.78, 5) is 12.0. The Labute approximate surface area is 98.6 Å². The maximum atomic E-state index is 13.7. The van der Waals surface area contributed by atoms with E-state index in [2.05, 4.69) is 0 Å². The van der Waals surface area contributed by atoms with E-state index in [0.717, 1.165) is 37.8 Å². The van der Waals surface area contributed by atoms with E-state index in [9.17, 15) is 13.6 Å². The number of hydrogen-bond acceptors (Lipinski definition) is 2. The molecule has 0 aliphatic heterocycles. The SMILES string of the molecule is COc1cc(F)c(C(=O)C2CCCC2)c(F)c1. The largest absolute Gasteiger partial charge is 0.497 e. The van der Waals surface area contributed by atoms with Crippen molar-refractivity contribution in [2.24, 2.45) is 5.92 Å². The van der Waals surface area contributed by atoms with E-state index in [1.165, 1.54) is 7.11 Å². The number of rotatable bonds is 3. The highest BCUT2D eigenvalue weighted by Crippen LogP contribution is 2.31. The molecule has 0 aromatic heterocycles. The molecular formula is C13H14F2O2. The van der Waals surface area contributed by atoms with Crippen LogP contribution in [0.2, 0.25) is 0 Å². The van der Waals surface area contributed by atoms with Crippen molar-refractivity contribution in [3.8, 4) is 5.75 Å². The van der Waals surface area contributed by atoms with Crippen LogP contribution in [-0.4, -0.2) is 12.9 Å². The normalized spacial score (nSPS) is 16.2. The van der Waals surface area contributed by atoms with Crippen LogP contribution < -0.4 is 4.74 Å². The van der Waals surface area contributed by atoms with Gasteiger partial charge in [-0.15, -0.1) is 0 Å². The number of carbonyl (C=O) groups is 1. The summed E-state index contributed by atoms with van der Waals surface area (Å²) in [6.07, 6.45) is 3.36. The molecule has 17 heavy (non-hydrogen) atoms. The number of halogens is 2. The molecule has 2 nitrogen and oxygen atoms in total. The molecule has 0 atom stereocenters. The minimum absolute atomic E-state index is 0.0861. The summed E-state index contributed by atoms with van der Waals surface area (Å²) < 4.78 is 32.1.